The molecule has 0 unspecified atom stereocenters. The van der Waals surface area contributed by atoms with E-state index >= 15 is 0 Å². The molecule has 0 saturated heterocycles. The number of esters is 1. The molecule has 0 aliphatic carbocycles. The Morgan fingerprint density at radius 3 is 2.81 bits per heavy atom. The average molecular weight is 379 g/mol. The number of anilines is 1. The van der Waals surface area contributed by atoms with Gasteiger partial charge in [0.2, 0.25) is 0 Å². The molecule has 26 heavy (non-hydrogen) atoms. The van der Waals surface area contributed by atoms with Crippen LogP contribution in [0.5, 0.6) is 5.75 Å². The number of para-hydroxylation sites is 2. The highest BCUT2D eigenvalue weighted by Gasteiger charge is 2.32. The summed E-state index contributed by atoms with van der Waals surface area (Å²) in [4.78, 5) is 25.4. The highest BCUT2D eigenvalue weighted by atomic mass is 32.1. The summed E-state index contributed by atoms with van der Waals surface area (Å²) in [5, 5.41) is 6.49. The number of nitrogens with zero attached hydrogens (tertiary/aromatic N) is 1. The monoisotopic (exact) mass is 379 g/mol. The summed E-state index contributed by atoms with van der Waals surface area (Å²) >= 11 is 5.50. The van der Waals surface area contributed by atoms with Crippen LogP contribution in [-0.4, -0.2) is 49.8 Å². The molecule has 0 bridgehead atoms. The van der Waals surface area contributed by atoms with Crippen molar-refractivity contribution >= 4 is 34.9 Å². The molecule has 2 N–H and O–H groups in total. The van der Waals surface area contributed by atoms with Gasteiger partial charge < -0.3 is 25.0 Å². The van der Waals surface area contributed by atoms with E-state index in [-0.39, 0.29) is 11.9 Å². The van der Waals surface area contributed by atoms with E-state index in [4.69, 9.17) is 17.0 Å². The van der Waals surface area contributed by atoms with Gasteiger partial charge in [-0.25, -0.2) is 0 Å². The number of thiocarbonyl (C=S) groups is 1. The van der Waals surface area contributed by atoms with Crippen molar-refractivity contribution in [3.63, 3.8) is 0 Å². The second kappa shape index (κ2) is 9.96. The lowest BCUT2D eigenvalue weighted by Crippen LogP contribution is -2.53. The fourth-order valence-electron chi connectivity index (χ4n) is 2.55. The smallest absolute Gasteiger partial charge is 0.305 e. The quantitative estimate of drug-likeness (QED) is 0.423. The van der Waals surface area contributed by atoms with Crippen molar-refractivity contribution in [2.24, 2.45) is 0 Å². The maximum absolute atomic E-state index is 12.3. The Bertz CT molecular complexity index is 653. The number of amides is 1. The van der Waals surface area contributed by atoms with Gasteiger partial charge in [-0.1, -0.05) is 19.1 Å². The summed E-state index contributed by atoms with van der Waals surface area (Å²) in [6.07, 6.45) is 1.16. The van der Waals surface area contributed by atoms with E-state index < -0.39 is 6.10 Å². The molecule has 1 atom stereocenters. The standard InChI is InChI=1S/C18H25N3O4S/c1-3-10-19-17(23)15-12-21(13-7-4-5-8-14(13)25-15)18(26)20-11-6-9-16(22)24-2/h4-5,7-8,15H,3,6,9-12H2,1-2H3,(H,19,23)(H,20,26)/t15-/m0/s1. The van der Waals surface area contributed by atoms with Gasteiger partial charge in [0.05, 0.1) is 19.3 Å². The van der Waals surface area contributed by atoms with Gasteiger partial charge in [0.1, 0.15) is 5.75 Å². The normalized spacial score (nSPS) is 15.5. The molecule has 0 saturated carbocycles. The fraction of sp³-hybridized carbons (Fsp3) is 0.500. The molecule has 7 nitrogen and oxygen atoms in total. The van der Waals surface area contributed by atoms with Crippen molar-refractivity contribution in [1.82, 2.24) is 10.6 Å². The Morgan fingerprint density at radius 1 is 1.31 bits per heavy atom. The van der Waals surface area contributed by atoms with Crippen molar-refractivity contribution in [1.29, 1.82) is 0 Å². The molecule has 1 heterocycles. The Balaban J connectivity index is 2.01. The lowest BCUT2D eigenvalue weighted by molar-refractivity contribution is -0.140. The zero-order valence-corrected chi connectivity index (χ0v) is 15.9. The molecular formula is C18H25N3O4S. The van der Waals surface area contributed by atoms with Crippen LogP contribution >= 0.6 is 12.2 Å². The first-order valence-electron chi connectivity index (χ1n) is 8.72. The van der Waals surface area contributed by atoms with Crippen molar-refractivity contribution < 1.29 is 19.1 Å². The zero-order valence-electron chi connectivity index (χ0n) is 15.1. The molecule has 1 aliphatic heterocycles. The molecule has 2 rings (SSSR count). The van der Waals surface area contributed by atoms with E-state index in [9.17, 15) is 9.59 Å². The van der Waals surface area contributed by atoms with Crippen LogP contribution in [0.2, 0.25) is 0 Å². The van der Waals surface area contributed by atoms with E-state index in [0.29, 0.717) is 43.3 Å². The highest BCUT2D eigenvalue weighted by molar-refractivity contribution is 7.80. The minimum absolute atomic E-state index is 0.153. The number of carbonyl (C=O) groups is 2. The van der Waals surface area contributed by atoms with Crippen molar-refractivity contribution in [2.45, 2.75) is 32.3 Å². The number of methoxy groups -OCH3 is 1. The van der Waals surface area contributed by atoms with E-state index in [0.717, 1.165) is 12.1 Å². The maximum atomic E-state index is 12.3. The van der Waals surface area contributed by atoms with Gasteiger partial charge in [-0.2, -0.15) is 0 Å². The SMILES string of the molecule is CCCNC(=O)[C@@H]1CN(C(=S)NCCCC(=O)OC)c2ccccc2O1. The summed E-state index contributed by atoms with van der Waals surface area (Å²) in [5.41, 5.74) is 0.817. The molecule has 0 radical (unpaired) electrons. The Kier molecular flexibility index (Phi) is 7.65. The number of hydrogen-bond donors (Lipinski definition) is 2. The molecule has 142 valence electrons. The number of nitrogens with one attached hydrogen (secondary N) is 2. The highest BCUT2D eigenvalue weighted by Crippen LogP contribution is 2.33. The third-order valence-electron chi connectivity index (χ3n) is 3.92. The predicted molar refractivity (Wildman–Crippen MR) is 103 cm³/mol. The van der Waals surface area contributed by atoms with Gasteiger partial charge >= 0.3 is 5.97 Å². The molecule has 1 amide bonds. The van der Waals surface area contributed by atoms with E-state index in [1.807, 2.05) is 36.1 Å². The van der Waals surface area contributed by atoms with Gasteiger partial charge in [-0.15, -0.1) is 0 Å². The van der Waals surface area contributed by atoms with Gasteiger partial charge in [0.25, 0.3) is 5.91 Å². The molecule has 0 spiro atoms. The first kappa shape index (κ1) is 20.0. The van der Waals surface area contributed by atoms with Gasteiger partial charge in [-0.05, 0) is 37.2 Å². The molecule has 1 aromatic carbocycles. The predicted octanol–water partition coefficient (Wildman–Crippen LogP) is 1.61. The van der Waals surface area contributed by atoms with E-state index in [1.165, 1.54) is 7.11 Å². The summed E-state index contributed by atoms with van der Waals surface area (Å²) in [7, 11) is 1.37. The minimum atomic E-state index is -0.633. The molecule has 0 aromatic heterocycles. The number of ether oxygens (including phenoxy) is 2. The average Bonchev–Trinajstić information content (AvgIpc) is 2.67. The number of fused-ring (bicyclic) bond motifs is 1. The lowest BCUT2D eigenvalue weighted by atomic mass is 10.2. The van der Waals surface area contributed by atoms with Crippen molar-refractivity contribution in [2.75, 3.05) is 31.6 Å². The second-order valence-corrected chi connectivity index (χ2v) is 6.27. The number of hydrogen-bond acceptors (Lipinski definition) is 5. The summed E-state index contributed by atoms with van der Waals surface area (Å²) in [5.74, 6) is 0.219. The minimum Gasteiger partial charge on any atom is -0.477 e. The summed E-state index contributed by atoms with van der Waals surface area (Å²) in [6.45, 7) is 3.48. The lowest BCUT2D eigenvalue weighted by Gasteiger charge is -2.35. The summed E-state index contributed by atoms with van der Waals surface area (Å²) in [6, 6.07) is 7.47. The Labute approximate surface area is 159 Å². The van der Waals surface area contributed by atoms with Gasteiger partial charge in [-0.3, -0.25) is 9.59 Å². The van der Waals surface area contributed by atoms with Crippen molar-refractivity contribution in [3.8, 4) is 5.75 Å². The van der Waals surface area contributed by atoms with Gasteiger partial charge in [0.15, 0.2) is 11.2 Å². The molecular weight excluding hydrogens is 354 g/mol. The molecule has 1 aliphatic rings. The molecule has 0 fully saturated rings. The van der Waals surface area contributed by atoms with Crippen LogP contribution in [0, 0.1) is 0 Å². The molecule has 8 heteroatoms. The maximum Gasteiger partial charge on any atom is 0.305 e. The van der Waals surface area contributed by atoms with Gasteiger partial charge in [0, 0.05) is 19.5 Å². The topological polar surface area (TPSA) is 79.9 Å². The molecule has 1 aromatic rings. The van der Waals surface area contributed by atoms with E-state index in [1.54, 1.807) is 0 Å². The van der Waals surface area contributed by atoms with E-state index in [2.05, 4.69) is 15.4 Å². The number of carbonyl (C=O) groups excluding carboxylic acids is 2. The van der Waals surface area contributed by atoms with Crippen LogP contribution in [0.25, 0.3) is 0 Å². The summed E-state index contributed by atoms with van der Waals surface area (Å²) < 4.78 is 10.5. The third-order valence-corrected chi connectivity index (χ3v) is 4.29. The zero-order chi connectivity index (χ0) is 18.9. The first-order chi connectivity index (χ1) is 12.6. The first-order valence-corrected chi connectivity index (χ1v) is 9.13. The van der Waals surface area contributed by atoms with Crippen LogP contribution in [0.3, 0.4) is 0 Å². The Morgan fingerprint density at radius 2 is 2.08 bits per heavy atom. The third kappa shape index (κ3) is 5.32. The van der Waals surface area contributed by atoms with Crippen LogP contribution in [-0.2, 0) is 14.3 Å². The van der Waals surface area contributed by atoms with Crippen LogP contribution in [0.1, 0.15) is 26.2 Å². The van der Waals surface area contributed by atoms with Crippen LogP contribution in [0.15, 0.2) is 24.3 Å². The van der Waals surface area contributed by atoms with Crippen LogP contribution < -0.4 is 20.3 Å². The number of rotatable bonds is 7. The fourth-order valence-corrected chi connectivity index (χ4v) is 2.83. The van der Waals surface area contributed by atoms with Crippen molar-refractivity contribution in [3.05, 3.63) is 24.3 Å². The number of benzene rings is 1. The van der Waals surface area contributed by atoms with Crippen LogP contribution in [0.4, 0.5) is 5.69 Å². The second-order valence-electron chi connectivity index (χ2n) is 5.89. The Hall–Kier alpha value is -2.35. The largest absolute Gasteiger partial charge is 0.477 e.